The summed E-state index contributed by atoms with van der Waals surface area (Å²) < 4.78 is 7.02. The van der Waals surface area contributed by atoms with Gasteiger partial charge in [-0.25, -0.2) is 14.8 Å². The van der Waals surface area contributed by atoms with E-state index in [9.17, 15) is 4.79 Å². The molecular formula is C17H26N6O2. The zero-order valence-electron chi connectivity index (χ0n) is 15.7. The molecule has 0 bridgehead atoms. The molecule has 0 aliphatic rings. The predicted octanol–water partition coefficient (Wildman–Crippen LogP) is 2.43. The number of hydrogen-bond donors (Lipinski definition) is 2. The number of nitrogens with zero attached hydrogens (tertiary/aromatic N) is 4. The summed E-state index contributed by atoms with van der Waals surface area (Å²) in [5.74, 6) is 0.506. The molecule has 0 saturated carbocycles. The van der Waals surface area contributed by atoms with E-state index in [0.29, 0.717) is 19.0 Å². The Labute approximate surface area is 148 Å². The highest BCUT2D eigenvalue weighted by molar-refractivity contribution is 5.67. The average molecular weight is 346 g/mol. The van der Waals surface area contributed by atoms with Gasteiger partial charge in [0.15, 0.2) is 0 Å². The van der Waals surface area contributed by atoms with E-state index in [1.807, 2.05) is 52.4 Å². The van der Waals surface area contributed by atoms with E-state index in [4.69, 9.17) is 4.74 Å². The molecule has 1 amide bonds. The lowest BCUT2D eigenvalue weighted by molar-refractivity contribution is 0.0530. The number of aryl methyl sites for hydroxylation is 2. The second-order valence-electron chi connectivity index (χ2n) is 6.79. The summed E-state index contributed by atoms with van der Waals surface area (Å²) in [6, 6.07) is 1.86. The second-order valence-corrected chi connectivity index (χ2v) is 6.79. The molecule has 2 aromatic heterocycles. The minimum Gasteiger partial charge on any atom is -0.444 e. The fourth-order valence-electron chi connectivity index (χ4n) is 2.38. The Balaban J connectivity index is 1.93. The minimum atomic E-state index is -0.506. The third kappa shape index (κ3) is 5.17. The molecule has 0 fully saturated rings. The van der Waals surface area contributed by atoms with Gasteiger partial charge in [-0.1, -0.05) is 0 Å². The lowest BCUT2D eigenvalue weighted by Crippen LogP contribution is -2.35. The van der Waals surface area contributed by atoms with Gasteiger partial charge in [0.05, 0.1) is 11.4 Å². The monoisotopic (exact) mass is 346 g/mol. The fourth-order valence-corrected chi connectivity index (χ4v) is 2.38. The molecule has 0 aromatic carbocycles. The Kier molecular flexibility index (Phi) is 5.61. The maximum Gasteiger partial charge on any atom is 0.407 e. The molecule has 2 aromatic rings. The van der Waals surface area contributed by atoms with Crippen LogP contribution in [0.1, 0.15) is 32.2 Å². The van der Waals surface area contributed by atoms with E-state index >= 15 is 0 Å². The Morgan fingerprint density at radius 2 is 2.00 bits per heavy atom. The fraction of sp³-hybridized carbons (Fsp3) is 0.529. The first-order chi connectivity index (χ1) is 11.7. The van der Waals surface area contributed by atoms with Crippen molar-refractivity contribution in [3.05, 3.63) is 23.7 Å². The molecule has 2 heterocycles. The number of rotatable bonds is 5. The van der Waals surface area contributed by atoms with Gasteiger partial charge < -0.3 is 15.4 Å². The highest BCUT2D eigenvalue weighted by atomic mass is 16.6. The first-order valence-electron chi connectivity index (χ1n) is 8.21. The second kappa shape index (κ2) is 7.50. The predicted molar refractivity (Wildman–Crippen MR) is 96.4 cm³/mol. The van der Waals surface area contributed by atoms with E-state index < -0.39 is 11.7 Å². The van der Waals surface area contributed by atoms with Crippen molar-refractivity contribution in [1.29, 1.82) is 0 Å². The average Bonchev–Trinajstić information content (AvgIpc) is 2.75. The summed E-state index contributed by atoms with van der Waals surface area (Å²) in [5, 5.41) is 10.2. The van der Waals surface area contributed by atoms with Gasteiger partial charge in [-0.15, -0.1) is 0 Å². The Morgan fingerprint density at radius 1 is 1.28 bits per heavy atom. The molecular weight excluding hydrogens is 320 g/mol. The largest absolute Gasteiger partial charge is 0.444 e. The number of alkyl carbamates (subject to hydrolysis) is 1. The molecule has 8 heteroatoms. The molecule has 0 saturated heterocycles. The number of anilines is 1. The van der Waals surface area contributed by atoms with E-state index in [2.05, 4.69) is 25.7 Å². The van der Waals surface area contributed by atoms with E-state index in [1.54, 1.807) is 6.20 Å². The smallest absolute Gasteiger partial charge is 0.407 e. The van der Waals surface area contributed by atoms with Crippen LogP contribution in [0.5, 0.6) is 0 Å². The number of aromatic nitrogens is 4. The van der Waals surface area contributed by atoms with Crippen molar-refractivity contribution in [2.24, 2.45) is 7.05 Å². The molecule has 0 radical (unpaired) electrons. The van der Waals surface area contributed by atoms with Gasteiger partial charge >= 0.3 is 6.09 Å². The van der Waals surface area contributed by atoms with Crippen LogP contribution in [0, 0.1) is 13.8 Å². The normalized spacial score (nSPS) is 11.3. The van der Waals surface area contributed by atoms with Crippen molar-refractivity contribution in [2.75, 3.05) is 18.4 Å². The number of carbonyl (C=O) groups is 1. The molecule has 0 spiro atoms. The summed E-state index contributed by atoms with van der Waals surface area (Å²) in [5.41, 5.74) is 3.31. The number of carbonyl (C=O) groups excluding carboxylic acids is 1. The maximum absolute atomic E-state index is 11.6. The molecule has 136 valence electrons. The van der Waals surface area contributed by atoms with Crippen LogP contribution >= 0.6 is 0 Å². The first-order valence-corrected chi connectivity index (χ1v) is 8.21. The molecule has 0 unspecified atom stereocenters. The van der Waals surface area contributed by atoms with Crippen molar-refractivity contribution in [1.82, 2.24) is 25.1 Å². The first kappa shape index (κ1) is 18.7. The van der Waals surface area contributed by atoms with Crippen molar-refractivity contribution in [3.8, 4) is 11.3 Å². The van der Waals surface area contributed by atoms with Gasteiger partial charge in [0, 0.05) is 37.6 Å². The van der Waals surface area contributed by atoms with Crippen LogP contribution in [0.25, 0.3) is 11.3 Å². The van der Waals surface area contributed by atoms with Crippen molar-refractivity contribution >= 4 is 12.0 Å². The zero-order valence-corrected chi connectivity index (χ0v) is 15.7. The standard InChI is InChI=1S/C17H26N6O2/c1-11-14(12(2)23(6)22-11)13-7-8-18-15(21-13)19-9-10-20-16(24)25-17(3,4)5/h7-8H,9-10H2,1-6H3,(H,20,24)(H,18,19,21). The topological polar surface area (TPSA) is 94.0 Å². The number of hydrogen-bond acceptors (Lipinski definition) is 6. The SMILES string of the molecule is Cc1nn(C)c(C)c1-c1ccnc(NCCNC(=O)OC(C)(C)C)n1. The summed E-state index contributed by atoms with van der Waals surface area (Å²) in [4.78, 5) is 20.3. The zero-order chi connectivity index (χ0) is 18.6. The minimum absolute atomic E-state index is 0.410. The quantitative estimate of drug-likeness (QED) is 0.808. The summed E-state index contributed by atoms with van der Waals surface area (Å²) in [6.45, 7) is 10.4. The van der Waals surface area contributed by atoms with Crippen molar-refractivity contribution in [2.45, 2.75) is 40.2 Å². The number of ether oxygens (including phenoxy) is 1. The van der Waals surface area contributed by atoms with Gasteiger partial charge in [-0.3, -0.25) is 4.68 Å². The van der Waals surface area contributed by atoms with Crippen LogP contribution in [0.2, 0.25) is 0 Å². The lowest BCUT2D eigenvalue weighted by atomic mass is 10.1. The molecule has 0 aliphatic heterocycles. The van der Waals surface area contributed by atoms with Gasteiger partial charge in [0.2, 0.25) is 5.95 Å². The van der Waals surface area contributed by atoms with Crippen molar-refractivity contribution in [3.63, 3.8) is 0 Å². The summed E-state index contributed by atoms with van der Waals surface area (Å²) >= 11 is 0. The maximum atomic E-state index is 11.6. The van der Waals surface area contributed by atoms with Gasteiger partial charge in [0.25, 0.3) is 0 Å². The number of nitrogens with one attached hydrogen (secondary N) is 2. The van der Waals surface area contributed by atoms with Crippen LogP contribution in [0.15, 0.2) is 12.3 Å². The molecule has 8 nitrogen and oxygen atoms in total. The third-order valence-electron chi connectivity index (χ3n) is 3.50. The third-order valence-corrected chi connectivity index (χ3v) is 3.50. The Hall–Kier alpha value is -2.64. The van der Waals surface area contributed by atoms with Crippen LogP contribution in [-0.2, 0) is 11.8 Å². The summed E-state index contributed by atoms with van der Waals surface area (Å²) in [6.07, 6.45) is 1.27. The number of amides is 1. The lowest BCUT2D eigenvalue weighted by Gasteiger charge is -2.19. The molecule has 0 aliphatic carbocycles. The van der Waals surface area contributed by atoms with E-state index in [1.165, 1.54) is 0 Å². The molecule has 2 rings (SSSR count). The van der Waals surface area contributed by atoms with E-state index in [0.717, 1.165) is 22.6 Å². The highest BCUT2D eigenvalue weighted by Gasteiger charge is 2.16. The van der Waals surface area contributed by atoms with Gasteiger partial charge in [-0.2, -0.15) is 5.10 Å². The summed E-state index contributed by atoms with van der Waals surface area (Å²) in [7, 11) is 1.91. The molecule has 2 N–H and O–H groups in total. The Bertz CT molecular complexity index is 748. The molecule has 25 heavy (non-hydrogen) atoms. The van der Waals surface area contributed by atoms with Crippen LogP contribution in [-0.4, -0.2) is 44.5 Å². The molecule has 0 atom stereocenters. The van der Waals surface area contributed by atoms with Gasteiger partial charge in [-0.05, 0) is 40.7 Å². The van der Waals surface area contributed by atoms with Gasteiger partial charge in [0.1, 0.15) is 5.60 Å². The van der Waals surface area contributed by atoms with Crippen LogP contribution in [0.3, 0.4) is 0 Å². The highest BCUT2D eigenvalue weighted by Crippen LogP contribution is 2.24. The van der Waals surface area contributed by atoms with E-state index in [-0.39, 0.29) is 0 Å². The Morgan fingerprint density at radius 3 is 2.60 bits per heavy atom. The van der Waals surface area contributed by atoms with Crippen LogP contribution in [0.4, 0.5) is 10.7 Å². The van der Waals surface area contributed by atoms with Crippen LogP contribution < -0.4 is 10.6 Å². The van der Waals surface area contributed by atoms with Crippen molar-refractivity contribution < 1.29 is 9.53 Å².